The van der Waals surface area contributed by atoms with Crippen molar-refractivity contribution in [1.82, 2.24) is 10.2 Å². The Morgan fingerprint density at radius 1 is 0.780 bits per heavy atom. The van der Waals surface area contributed by atoms with Gasteiger partial charge in [0.25, 0.3) is 0 Å². The summed E-state index contributed by atoms with van der Waals surface area (Å²) in [4.78, 5) is 28.9. The monoisotopic (exact) mass is 547 g/mol. The maximum atomic E-state index is 13.8. The zero-order chi connectivity index (χ0) is 28.6. The Kier molecular flexibility index (Phi) is 9.12. The highest BCUT2D eigenvalue weighted by Gasteiger charge is 2.40. The van der Waals surface area contributed by atoms with Gasteiger partial charge in [0, 0.05) is 13.0 Å². The Hall–Kier alpha value is -4.42. The largest absolute Gasteiger partial charge is 0.457 e. The number of nitrogens with one attached hydrogen (secondary N) is 1. The van der Waals surface area contributed by atoms with Crippen LogP contribution in [-0.2, 0) is 22.6 Å². The van der Waals surface area contributed by atoms with Gasteiger partial charge in [0.2, 0.25) is 11.8 Å². The van der Waals surface area contributed by atoms with Crippen molar-refractivity contribution in [2.75, 3.05) is 6.54 Å². The lowest BCUT2D eigenvalue weighted by molar-refractivity contribution is -0.150. The molecule has 0 unspecified atom stereocenters. The molecule has 0 aliphatic carbocycles. The molecular formula is C35H37N3O3. The van der Waals surface area contributed by atoms with Crippen molar-refractivity contribution >= 4 is 11.8 Å². The number of benzene rings is 4. The lowest BCUT2D eigenvalue weighted by Crippen LogP contribution is -2.63. The molecule has 6 heteroatoms. The minimum atomic E-state index is -0.625. The standard InChI is InChI=1S/C35H37N3O3/c1-25-8-7-11-31(22-25)41-30-19-15-26(16-20-30)23-32-35(40)38(33(34(39)37-32)12-5-6-21-36)24-27-13-17-29(18-14-27)28-9-3-2-4-10-28/h2-4,7-11,13-20,22,32-33H,5-6,12,21,23-24,36H2,1H3,(H,37,39)/t32-,33-/m0/s1. The zero-order valence-corrected chi connectivity index (χ0v) is 23.5. The lowest BCUT2D eigenvalue weighted by atomic mass is 9.96. The lowest BCUT2D eigenvalue weighted by Gasteiger charge is -2.39. The van der Waals surface area contributed by atoms with Crippen LogP contribution in [0.2, 0.25) is 0 Å². The average molecular weight is 548 g/mol. The van der Waals surface area contributed by atoms with Crippen molar-refractivity contribution in [1.29, 1.82) is 0 Å². The van der Waals surface area contributed by atoms with Gasteiger partial charge in [-0.1, -0.05) is 78.9 Å². The van der Waals surface area contributed by atoms with Crippen molar-refractivity contribution in [2.24, 2.45) is 5.73 Å². The Balaban J connectivity index is 1.29. The minimum Gasteiger partial charge on any atom is -0.457 e. The predicted octanol–water partition coefficient (Wildman–Crippen LogP) is 6.02. The molecule has 1 heterocycles. The minimum absolute atomic E-state index is 0.0606. The number of amides is 2. The average Bonchev–Trinajstić information content (AvgIpc) is 2.99. The van der Waals surface area contributed by atoms with E-state index in [1.165, 1.54) is 0 Å². The molecule has 1 aliphatic heterocycles. The Labute approximate surface area is 242 Å². The SMILES string of the molecule is Cc1cccc(Oc2ccc(C[C@@H]3NC(=O)[C@H](CCCCN)N(Cc4ccc(-c5ccccc5)cc4)C3=O)cc2)c1. The van der Waals surface area contributed by atoms with Gasteiger partial charge in [-0.15, -0.1) is 0 Å². The first-order valence-corrected chi connectivity index (χ1v) is 14.3. The molecule has 0 radical (unpaired) electrons. The first-order chi connectivity index (χ1) is 20.0. The van der Waals surface area contributed by atoms with E-state index in [1.54, 1.807) is 4.90 Å². The van der Waals surface area contributed by atoms with Gasteiger partial charge in [0.15, 0.2) is 0 Å². The Morgan fingerprint density at radius 3 is 2.20 bits per heavy atom. The van der Waals surface area contributed by atoms with Crippen LogP contribution in [0.25, 0.3) is 11.1 Å². The first kappa shape index (κ1) is 28.1. The highest BCUT2D eigenvalue weighted by atomic mass is 16.5. The number of rotatable bonds is 11. The number of nitrogens with zero attached hydrogens (tertiary/aromatic N) is 1. The predicted molar refractivity (Wildman–Crippen MR) is 162 cm³/mol. The second-order valence-corrected chi connectivity index (χ2v) is 10.7. The van der Waals surface area contributed by atoms with E-state index in [9.17, 15) is 9.59 Å². The van der Waals surface area contributed by atoms with Gasteiger partial charge in [-0.2, -0.15) is 0 Å². The molecule has 1 saturated heterocycles. The molecule has 0 spiro atoms. The molecule has 1 fully saturated rings. The Morgan fingerprint density at radius 2 is 1.49 bits per heavy atom. The smallest absolute Gasteiger partial charge is 0.246 e. The highest BCUT2D eigenvalue weighted by molar-refractivity contribution is 5.97. The number of ether oxygens (including phenoxy) is 1. The third kappa shape index (κ3) is 7.21. The van der Waals surface area contributed by atoms with Crippen LogP contribution in [0, 0.1) is 6.92 Å². The van der Waals surface area contributed by atoms with Crippen molar-refractivity contribution < 1.29 is 14.3 Å². The number of nitrogens with two attached hydrogens (primary N) is 1. The molecule has 41 heavy (non-hydrogen) atoms. The normalized spacial score (nSPS) is 16.9. The van der Waals surface area contributed by atoms with Gasteiger partial charge in [-0.3, -0.25) is 9.59 Å². The summed E-state index contributed by atoms with van der Waals surface area (Å²) in [5.74, 6) is 1.33. The van der Waals surface area contributed by atoms with Crippen molar-refractivity contribution in [3.05, 3.63) is 120 Å². The third-order valence-electron chi connectivity index (χ3n) is 7.51. The van der Waals surface area contributed by atoms with Crippen molar-refractivity contribution in [3.8, 4) is 22.6 Å². The first-order valence-electron chi connectivity index (χ1n) is 14.3. The fraction of sp³-hybridized carbons (Fsp3) is 0.257. The third-order valence-corrected chi connectivity index (χ3v) is 7.51. The van der Waals surface area contributed by atoms with Gasteiger partial charge in [0.1, 0.15) is 23.6 Å². The van der Waals surface area contributed by atoms with Gasteiger partial charge >= 0.3 is 0 Å². The molecule has 2 atom stereocenters. The summed E-state index contributed by atoms with van der Waals surface area (Å²) in [5.41, 5.74) is 11.0. The van der Waals surface area contributed by atoms with E-state index in [1.807, 2.05) is 85.8 Å². The van der Waals surface area contributed by atoms with Crippen LogP contribution in [-0.4, -0.2) is 35.3 Å². The van der Waals surface area contributed by atoms with Crippen LogP contribution < -0.4 is 15.8 Å². The molecule has 210 valence electrons. The summed E-state index contributed by atoms with van der Waals surface area (Å²) >= 11 is 0. The molecule has 0 bridgehead atoms. The topological polar surface area (TPSA) is 84.7 Å². The maximum Gasteiger partial charge on any atom is 0.246 e. The van der Waals surface area contributed by atoms with Crippen molar-refractivity contribution in [3.63, 3.8) is 0 Å². The molecular weight excluding hydrogens is 510 g/mol. The molecule has 4 aromatic rings. The number of hydrogen-bond donors (Lipinski definition) is 2. The summed E-state index contributed by atoms with van der Waals surface area (Å²) in [7, 11) is 0. The quantitative estimate of drug-likeness (QED) is 0.225. The summed E-state index contributed by atoms with van der Waals surface area (Å²) in [6.45, 7) is 2.97. The van der Waals surface area contributed by atoms with E-state index < -0.39 is 12.1 Å². The summed E-state index contributed by atoms with van der Waals surface area (Å²) < 4.78 is 5.97. The van der Waals surface area contributed by atoms with Crippen molar-refractivity contribution in [2.45, 2.75) is 51.2 Å². The molecule has 6 nitrogen and oxygen atoms in total. The van der Waals surface area contributed by atoms with E-state index in [0.717, 1.165) is 52.2 Å². The number of carbonyl (C=O) groups is 2. The number of unbranched alkanes of at least 4 members (excludes halogenated alkanes) is 1. The van der Waals surface area contributed by atoms with Crippen LogP contribution in [0.4, 0.5) is 0 Å². The number of carbonyl (C=O) groups excluding carboxylic acids is 2. The molecule has 3 N–H and O–H groups in total. The summed E-state index contributed by atoms with van der Waals surface area (Å²) in [6, 6.07) is 32.9. The van der Waals surface area contributed by atoms with Gasteiger partial charge in [-0.25, -0.2) is 0 Å². The van der Waals surface area contributed by atoms with Crippen LogP contribution in [0.5, 0.6) is 11.5 Å². The van der Waals surface area contributed by atoms with E-state index in [0.29, 0.717) is 25.9 Å². The van der Waals surface area contributed by atoms with Crippen LogP contribution in [0.1, 0.15) is 36.0 Å². The highest BCUT2D eigenvalue weighted by Crippen LogP contribution is 2.26. The second-order valence-electron chi connectivity index (χ2n) is 10.7. The molecule has 0 aromatic heterocycles. The van der Waals surface area contributed by atoms with E-state index in [4.69, 9.17) is 10.5 Å². The number of hydrogen-bond acceptors (Lipinski definition) is 4. The fourth-order valence-corrected chi connectivity index (χ4v) is 5.29. The maximum absolute atomic E-state index is 13.8. The molecule has 4 aromatic carbocycles. The molecule has 0 saturated carbocycles. The van der Waals surface area contributed by atoms with E-state index >= 15 is 0 Å². The van der Waals surface area contributed by atoms with E-state index in [2.05, 4.69) is 29.6 Å². The van der Waals surface area contributed by atoms with E-state index in [-0.39, 0.29) is 11.8 Å². The Bertz CT molecular complexity index is 1450. The number of piperazine rings is 1. The van der Waals surface area contributed by atoms with Gasteiger partial charge in [0.05, 0.1) is 0 Å². The van der Waals surface area contributed by atoms with Gasteiger partial charge < -0.3 is 20.7 Å². The molecule has 2 amide bonds. The van der Waals surface area contributed by atoms with Gasteiger partial charge in [-0.05, 0) is 84.8 Å². The summed E-state index contributed by atoms with van der Waals surface area (Å²) in [6.07, 6.45) is 2.61. The summed E-state index contributed by atoms with van der Waals surface area (Å²) in [5, 5.41) is 3.01. The fourth-order valence-electron chi connectivity index (χ4n) is 5.29. The zero-order valence-electron chi connectivity index (χ0n) is 23.5. The van der Waals surface area contributed by atoms with Crippen LogP contribution in [0.15, 0.2) is 103 Å². The van der Waals surface area contributed by atoms with Crippen LogP contribution in [0.3, 0.4) is 0 Å². The van der Waals surface area contributed by atoms with Crippen LogP contribution >= 0.6 is 0 Å². The second kappa shape index (κ2) is 13.3. The molecule has 1 aliphatic rings. The number of aryl methyl sites for hydroxylation is 1. The molecule has 5 rings (SSSR count).